The summed E-state index contributed by atoms with van der Waals surface area (Å²) in [5.74, 6) is 0. The number of nitrogens with one attached hydrogen (secondary N) is 1. The first-order valence-electron chi connectivity index (χ1n) is 10.4. The molecule has 0 aromatic carbocycles. The SMILES string of the molecule is CCc1cnc(-c2ccc3cc(C#N)cnn23)cc1NC12CCC(O)(CC1)CC2. The summed E-state index contributed by atoms with van der Waals surface area (Å²) in [6, 6.07) is 10.1. The van der Waals surface area contributed by atoms with Gasteiger partial charge in [-0.1, -0.05) is 6.92 Å². The molecule has 0 spiro atoms. The van der Waals surface area contributed by atoms with Gasteiger partial charge in [-0.05, 0) is 74.8 Å². The van der Waals surface area contributed by atoms with E-state index in [1.165, 1.54) is 5.56 Å². The second kappa shape index (κ2) is 6.57. The number of nitriles is 1. The highest BCUT2D eigenvalue weighted by Gasteiger charge is 2.47. The van der Waals surface area contributed by atoms with Crippen molar-refractivity contribution in [1.82, 2.24) is 14.6 Å². The number of nitrogens with zero attached hydrogens (tertiary/aromatic N) is 4. The van der Waals surface area contributed by atoms with Crippen LogP contribution >= 0.6 is 0 Å². The predicted molar refractivity (Wildman–Crippen MR) is 112 cm³/mol. The molecule has 0 amide bonds. The smallest absolute Gasteiger partial charge is 0.101 e. The van der Waals surface area contributed by atoms with Gasteiger partial charge < -0.3 is 10.4 Å². The quantitative estimate of drug-likeness (QED) is 0.704. The minimum Gasteiger partial charge on any atom is -0.390 e. The van der Waals surface area contributed by atoms with Gasteiger partial charge in [-0.15, -0.1) is 0 Å². The molecule has 6 heteroatoms. The Morgan fingerprint density at radius 1 is 1.14 bits per heavy atom. The van der Waals surface area contributed by atoms with Crippen LogP contribution in [0.15, 0.2) is 36.7 Å². The fraction of sp³-hybridized carbons (Fsp3) is 0.435. The van der Waals surface area contributed by atoms with Crippen molar-refractivity contribution < 1.29 is 5.11 Å². The maximum atomic E-state index is 10.5. The summed E-state index contributed by atoms with van der Waals surface area (Å²) in [6.07, 6.45) is 10.1. The van der Waals surface area contributed by atoms with Crippen LogP contribution in [0.2, 0.25) is 0 Å². The van der Waals surface area contributed by atoms with E-state index in [2.05, 4.69) is 29.5 Å². The fourth-order valence-corrected chi connectivity index (χ4v) is 4.92. The summed E-state index contributed by atoms with van der Waals surface area (Å²) in [7, 11) is 0. The molecule has 0 unspecified atom stereocenters. The molecule has 148 valence electrons. The van der Waals surface area contributed by atoms with Crippen LogP contribution in [0.5, 0.6) is 0 Å². The lowest BCUT2D eigenvalue weighted by Gasteiger charge is -2.51. The third-order valence-electron chi connectivity index (χ3n) is 6.87. The van der Waals surface area contributed by atoms with Crippen molar-refractivity contribution in [3.63, 3.8) is 0 Å². The normalized spacial score (nSPS) is 25.8. The maximum Gasteiger partial charge on any atom is 0.101 e. The summed E-state index contributed by atoms with van der Waals surface area (Å²) in [5.41, 5.74) is 5.19. The summed E-state index contributed by atoms with van der Waals surface area (Å²) < 4.78 is 1.83. The highest BCUT2D eigenvalue weighted by Crippen LogP contribution is 2.48. The van der Waals surface area contributed by atoms with Gasteiger partial charge in [-0.2, -0.15) is 10.4 Å². The number of hydrogen-bond donors (Lipinski definition) is 2. The number of hydrogen-bond acceptors (Lipinski definition) is 5. The zero-order valence-electron chi connectivity index (χ0n) is 16.6. The van der Waals surface area contributed by atoms with Crippen molar-refractivity contribution in [2.75, 3.05) is 5.32 Å². The number of aromatic nitrogens is 3. The van der Waals surface area contributed by atoms with E-state index in [9.17, 15) is 5.11 Å². The van der Waals surface area contributed by atoms with Crippen LogP contribution in [0.3, 0.4) is 0 Å². The zero-order valence-corrected chi connectivity index (χ0v) is 16.6. The van der Waals surface area contributed by atoms with E-state index in [1.807, 2.05) is 28.9 Å². The monoisotopic (exact) mass is 387 g/mol. The van der Waals surface area contributed by atoms with Gasteiger partial charge in [0.05, 0.1) is 34.3 Å². The van der Waals surface area contributed by atoms with Crippen molar-refractivity contribution in [1.29, 1.82) is 5.26 Å². The van der Waals surface area contributed by atoms with Crippen LogP contribution in [0.4, 0.5) is 5.69 Å². The second-order valence-corrected chi connectivity index (χ2v) is 8.62. The number of fused-ring (bicyclic) bond motifs is 4. The zero-order chi connectivity index (χ0) is 20.1. The molecule has 3 saturated carbocycles. The molecule has 2 N–H and O–H groups in total. The molecule has 2 bridgehead atoms. The first-order valence-corrected chi connectivity index (χ1v) is 10.4. The van der Waals surface area contributed by atoms with Crippen molar-refractivity contribution in [3.05, 3.63) is 47.8 Å². The second-order valence-electron chi connectivity index (χ2n) is 8.62. The number of rotatable bonds is 4. The summed E-state index contributed by atoms with van der Waals surface area (Å²) in [5, 5.41) is 27.9. The Labute approximate surface area is 170 Å². The van der Waals surface area contributed by atoms with Gasteiger partial charge >= 0.3 is 0 Å². The lowest BCUT2D eigenvalue weighted by molar-refractivity contribution is -0.0580. The van der Waals surface area contributed by atoms with Crippen LogP contribution in [0.25, 0.3) is 16.9 Å². The fourth-order valence-electron chi connectivity index (χ4n) is 4.92. The Bertz CT molecular complexity index is 1100. The molecule has 3 aromatic heterocycles. The van der Waals surface area contributed by atoms with E-state index >= 15 is 0 Å². The van der Waals surface area contributed by atoms with Crippen molar-refractivity contribution in [2.45, 2.75) is 63.0 Å². The summed E-state index contributed by atoms with van der Waals surface area (Å²) in [4.78, 5) is 4.70. The molecule has 0 atom stereocenters. The van der Waals surface area contributed by atoms with Crippen LogP contribution in [-0.2, 0) is 6.42 Å². The lowest BCUT2D eigenvalue weighted by atomic mass is 9.63. The number of pyridine rings is 1. The van der Waals surface area contributed by atoms with Gasteiger partial charge in [0.2, 0.25) is 0 Å². The molecule has 3 aliphatic rings. The molecular formula is C23H25N5O. The first kappa shape index (κ1) is 18.1. The van der Waals surface area contributed by atoms with Crippen LogP contribution in [0.1, 0.15) is 56.6 Å². The van der Waals surface area contributed by atoms with Gasteiger partial charge in [-0.25, -0.2) is 4.52 Å². The van der Waals surface area contributed by atoms with Crippen LogP contribution in [-0.4, -0.2) is 30.8 Å². The van der Waals surface area contributed by atoms with Crippen LogP contribution in [0, 0.1) is 11.3 Å². The van der Waals surface area contributed by atoms with Crippen molar-refractivity contribution in [3.8, 4) is 17.5 Å². The highest BCUT2D eigenvalue weighted by molar-refractivity contribution is 5.69. The number of anilines is 1. The highest BCUT2D eigenvalue weighted by atomic mass is 16.3. The van der Waals surface area contributed by atoms with E-state index in [0.29, 0.717) is 5.56 Å². The summed E-state index contributed by atoms with van der Waals surface area (Å²) in [6.45, 7) is 2.15. The molecule has 0 saturated heterocycles. The Morgan fingerprint density at radius 2 is 1.90 bits per heavy atom. The molecule has 3 fully saturated rings. The van der Waals surface area contributed by atoms with Gasteiger partial charge in [0.15, 0.2) is 0 Å². The molecule has 3 aromatic rings. The minimum atomic E-state index is -0.431. The van der Waals surface area contributed by atoms with Crippen molar-refractivity contribution in [2.24, 2.45) is 0 Å². The Kier molecular flexibility index (Phi) is 4.11. The Morgan fingerprint density at radius 3 is 2.59 bits per heavy atom. The molecule has 6 rings (SSSR count). The summed E-state index contributed by atoms with van der Waals surface area (Å²) >= 11 is 0. The van der Waals surface area contributed by atoms with Gasteiger partial charge in [0.25, 0.3) is 0 Å². The third-order valence-corrected chi connectivity index (χ3v) is 6.87. The topological polar surface area (TPSA) is 86.2 Å². The van der Waals surface area contributed by atoms with Crippen LogP contribution < -0.4 is 5.32 Å². The van der Waals surface area contributed by atoms with Gasteiger partial charge in [0.1, 0.15) is 6.07 Å². The van der Waals surface area contributed by atoms with E-state index < -0.39 is 5.60 Å². The van der Waals surface area contributed by atoms with E-state index in [4.69, 9.17) is 10.2 Å². The standard InChI is InChI=1S/C23H25N5O/c1-2-17-15-25-20(21-4-3-18-11-16(13-24)14-26-28(18)21)12-19(17)27-22-5-8-23(29,9-6-22)10-7-22/h3-4,11-12,14-15,29H,2,5-10H2,1H3,(H,25,27). The van der Waals surface area contributed by atoms with E-state index in [0.717, 1.165) is 67.5 Å². The number of aryl methyl sites for hydroxylation is 1. The third kappa shape index (κ3) is 3.06. The molecule has 0 aliphatic heterocycles. The largest absolute Gasteiger partial charge is 0.390 e. The maximum absolute atomic E-state index is 10.5. The molecule has 0 radical (unpaired) electrons. The average Bonchev–Trinajstić information content (AvgIpc) is 3.18. The van der Waals surface area contributed by atoms with Gasteiger partial charge in [-0.3, -0.25) is 4.98 Å². The Hall–Kier alpha value is -2.91. The van der Waals surface area contributed by atoms with Gasteiger partial charge in [0, 0.05) is 17.4 Å². The molecule has 3 heterocycles. The molecular weight excluding hydrogens is 362 g/mol. The predicted octanol–water partition coefficient (Wildman–Crippen LogP) is 4.08. The van der Waals surface area contributed by atoms with E-state index in [-0.39, 0.29) is 5.54 Å². The molecule has 6 nitrogen and oxygen atoms in total. The van der Waals surface area contributed by atoms with E-state index in [1.54, 1.807) is 6.20 Å². The first-order chi connectivity index (χ1) is 14.0. The number of aliphatic hydroxyl groups is 1. The lowest BCUT2D eigenvalue weighted by Crippen LogP contribution is -2.53. The van der Waals surface area contributed by atoms with Crippen molar-refractivity contribution >= 4 is 11.2 Å². The Balaban J connectivity index is 1.51. The minimum absolute atomic E-state index is 0.0776. The molecule has 3 aliphatic carbocycles. The molecule has 29 heavy (non-hydrogen) atoms. The average molecular weight is 387 g/mol.